The van der Waals surface area contributed by atoms with Gasteiger partial charge in [0.2, 0.25) is 0 Å². The third-order valence-corrected chi connectivity index (χ3v) is 4.63. The first-order chi connectivity index (χ1) is 11.4. The molecule has 0 saturated carbocycles. The Bertz CT molecular complexity index is 716. The van der Waals surface area contributed by atoms with Crippen LogP contribution in [-0.2, 0) is 9.53 Å². The number of halogens is 2. The molecule has 24 heavy (non-hydrogen) atoms. The van der Waals surface area contributed by atoms with E-state index in [9.17, 15) is 9.59 Å². The summed E-state index contributed by atoms with van der Waals surface area (Å²) in [6.45, 7) is 3.56. The van der Waals surface area contributed by atoms with Crippen LogP contribution in [0.4, 0.5) is 0 Å². The van der Waals surface area contributed by atoms with Gasteiger partial charge in [-0.05, 0) is 25.5 Å². The highest BCUT2D eigenvalue weighted by atomic mass is 35.5. The molecule has 2 aromatic rings. The normalized spacial score (nSPS) is 12.0. The number of rotatable bonds is 6. The van der Waals surface area contributed by atoms with Crippen molar-refractivity contribution in [3.05, 3.63) is 56.2 Å². The summed E-state index contributed by atoms with van der Waals surface area (Å²) in [7, 11) is 0. The fourth-order valence-electron chi connectivity index (χ4n) is 2.15. The second-order valence-electron chi connectivity index (χ2n) is 5.42. The molecule has 1 atom stereocenters. The van der Waals surface area contributed by atoms with Crippen molar-refractivity contribution in [2.45, 2.75) is 32.4 Å². The molecule has 0 bridgehead atoms. The van der Waals surface area contributed by atoms with Crippen molar-refractivity contribution in [2.75, 3.05) is 0 Å². The van der Waals surface area contributed by atoms with E-state index >= 15 is 0 Å². The fourth-order valence-corrected chi connectivity index (χ4v) is 3.60. The number of hydrogen-bond donors (Lipinski definition) is 1. The number of hydrogen-bond acceptors (Lipinski definition) is 4. The van der Waals surface area contributed by atoms with Crippen LogP contribution in [0.1, 0.15) is 42.2 Å². The highest BCUT2D eigenvalue weighted by molar-refractivity contribution is 7.20. The lowest BCUT2D eigenvalue weighted by Crippen LogP contribution is -2.31. The zero-order valence-electron chi connectivity index (χ0n) is 13.2. The lowest BCUT2D eigenvalue weighted by molar-refractivity contribution is -0.147. The standard InChI is InChI=1S/C17H17Cl2NO3S/c1-10(2)23-15(21)9-13(11-6-4-3-5-7-11)20-17(22)12-8-14(18)24-16(12)19/h3-8,10,13H,9H2,1-2H3,(H,20,22). The number of carbonyl (C=O) groups excluding carboxylic acids is 2. The number of benzene rings is 1. The Morgan fingerprint density at radius 1 is 1.21 bits per heavy atom. The van der Waals surface area contributed by atoms with Gasteiger partial charge in [0.25, 0.3) is 5.91 Å². The molecule has 1 aromatic carbocycles. The highest BCUT2D eigenvalue weighted by Crippen LogP contribution is 2.31. The van der Waals surface area contributed by atoms with E-state index in [1.54, 1.807) is 13.8 Å². The monoisotopic (exact) mass is 385 g/mol. The van der Waals surface area contributed by atoms with Gasteiger partial charge in [-0.15, -0.1) is 11.3 Å². The predicted octanol–water partition coefficient (Wildman–Crippen LogP) is 4.87. The van der Waals surface area contributed by atoms with Crippen molar-refractivity contribution in [2.24, 2.45) is 0 Å². The topological polar surface area (TPSA) is 55.4 Å². The van der Waals surface area contributed by atoms with Crippen molar-refractivity contribution < 1.29 is 14.3 Å². The molecular weight excluding hydrogens is 369 g/mol. The van der Waals surface area contributed by atoms with Crippen molar-refractivity contribution in [3.63, 3.8) is 0 Å². The van der Waals surface area contributed by atoms with E-state index in [-0.39, 0.29) is 24.4 Å². The first-order valence-electron chi connectivity index (χ1n) is 7.37. The molecule has 0 aliphatic rings. The average molecular weight is 386 g/mol. The first kappa shape index (κ1) is 18.8. The third-order valence-electron chi connectivity index (χ3n) is 3.15. The van der Waals surface area contributed by atoms with E-state index in [1.807, 2.05) is 30.3 Å². The maximum absolute atomic E-state index is 12.5. The Labute approximate surface area is 154 Å². The van der Waals surface area contributed by atoms with Gasteiger partial charge in [-0.25, -0.2) is 0 Å². The summed E-state index contributed by atoms with van der Waals surface area (Å²) in [6.07, 6.45) is -0.182. The van der Waals surface area contributed by atoms with Crippen molar-refractivity contribution in [3.8, 4) is 0 Å². The lowest BCUT2D eigenvalue weighted by atomic mass is 10.0. The summed E-state index contributed by atoms with van der Waals surface area (Å²) in [5.74, 6) is -0.761. The molecule has 1 heterocycles. The molecule has 0 fully saturated rings. The van der Waals surface area contributed by atoms with Gasteiger partial charge < -0.3 is 10.1 Å². The Kier molecular flexibility index (Phi) is 6.66. The van der Waals surface area contributed by atoms with Gasteiger partial charge in [0.15, 0.2) is 0 Å². The number of esters is 1. The van der Waals surface area contributed by atoms with Crippen LogP contribution in [0.15, 0.2) is 36.4 Å². The lowest BCUT2D eigenvalue weighted by Gasteiger charge is -2.19. The highest BCUT2D eigenvalue weighted by Gasteiger charge is 2.22. The largest absolute Gasteiger partial charge is 0.463 e. The molecule has 0 aliphatic carbocycles. The van der Waals surface area contributed by atoms with Crippen molar-refractivity contribution in [1.82, 2.24) is 5.32 Å². The summed E-state index contributed by atoms with van der Waals surface area (Å²) in [5, 5.41) is 2.83. The molecule has 4 nitrogen and oxygen atoms in total. The van der Waals surface area contributed by atoms with Crippen LogP contribution in [-0.4, -0.2) is 18.0 Å². The molecule has 0 saturated heterocycles. The van der Waals surface area contributed by atoms with E-state index < -0.39 is 6.04 Å². The summed E-state index contributed by atoms with van der Waals surface area (Å²) in [5.41, 5.74) is 1.11. The summed E-state index contributed by atoms with van der Waals surface area (Å²) < 4.78 is 5.93. The molecular formula is C17H17Cl2NO3S. The first-order valence-corrected chi connectivity index (χ1v) is 8.94. The molecule has 1 aromatic heterocycles. The van der Waals surface area contributed by atoms with E-state index in [0.29, 0.717) is 14.2 Å². The summed E-state index contributed by atoms with van der Waals surface area (Å²) >= 11 is 13.0. The Morgan fingerprint density at radius 2 is 1.88 bits per heavy atom. The molecule has 0 aliphatic heterocycles. The number of carbonyl (C=O) groups is 2. The number of amides is 1. The molecule has 128 valence electrons. The van der Waals surface area contributed by atoms with E-state index in [1.165, 1.54) is 6.07 Å². The zero-order valence-corrected chi connectivity index (χ0v) is 15.5. The van der Waals surface area contributed by atoms with Gasteiger partial charge in [-0.1, -0.05) is 53.5 Å². The van der Waals surface area contributed by atoms with Crippen LogP contribution in [0.5, 0.6) is 0 Å². The Hall–Kier alpha value is -1.56. The number of ether oxygens (including phenoxy) is 1. The molecule has 1 unspecified atom stereocenters. The number of thiophene rings is 1. The fraction of sp³-hybridized carbons (Fsp3) is 0.294. The van der Waals surface area contributed by atoms with Crippen LogP contribution in [0.3, 0.4) is 0 Å². The molecule has 1 N–H and O–H groups in total. The van der Waals surface area contributed by atoms with Crippen LogP contribution < -0.4 is 5.32 Å². The maximum Gasteiger partial charge on any atom is 0.308 e. The molecule has 0 spiro atoms. The SMILES string of the molecule is CC(C)OC(=O)CC(NC(=O)c1cc(Cl)sc1Cl)c1ccccc1. The predicted molar refractivity (Wildman–Crippen MR) is 96.8 cm³/mol. The van der Waals surface area contributed by atoms with Gasteiger partial charge in [0.05, 0.1) is 28.5 Å². The smallest absolute Gasteiger partial charge is 0.308 e. The van der Waals surface area contributed by atoms with Gasteiger partial charge in [0, 0.05) is 0 Å². The van der Waals surface area contributed by atoms with Gasteiger partial charge in [-0.3, -0.25) is 9.59 Å². The van der Waals surface area contributed by atoms with Gasteiger partial charge in [0.1, 0.15) is 4.34 Å². The molecule has 7 heteroatoms. The van der Waals surface area contributed by atoms with Gasteiger partial charge >= 0.3 is 5.97 Å². The second-order valence-corrected chi connectivity index (χ2v) is 7.70. The van der Waals surface area contributed by atoms with Gasteiger partial charge in [-0.2, -0.15) is 0 Å². The van der Waals surface area contributed by atoms with E-state index in [0.717, 1.165) is 16.9 Å². The van der Waals surface area contributed by atoms with Crippen molar-refractivity contribution >= 4 is 46.4 Å². The summed E-state index contributed by atoms with van der Waals surface area (Å²) in [6, 6.07) is 10.2. The minimum absolute atomic E-state index is 0.0312. The van der Waals surface area contributed by atoms with E-state index in [4.69, 9.17) is 27.9 Å². The van der Waals surface area contributed by atoms with Crippen LogP contribution in [0.2, 0.25) is 8.67 Å². The zero-order chi connectivity index (χ0) is 17.7. The number of nitrogens with one attached hydrogen (secondary N) is 1. The summed E-state index contributed by atoms with van der Waals surface area (Å²) in [4.78, 5) is 24.5. The molecule has 1 amide bonds. The minimum Gasteiger partial charge on any atom is -0.463 e. The minimum atomic E-state index is -0.514. The Balaban J connectivity index is 2.18. The maximum atomic E-state index is 12.5. The average Bonchev–Trinajstić information content (AvgIpc) is 2.85. The molecule has 0 radical (unpaired) electrons. The Morgan fingerprint density at radius 3 is 2.42 bits per heavy atom. The van der Waals surface area contributed by atoms with Crippen LogP contribution in [0.25, 0.3) is 0 Å². The van der Waals surface area contributed by atoms with Crippen molar-refractivity contribution in [1.29, 1.82) is 0 Å². The quantitative estimate of drug-likeness (QED) is 0.721. The van der Waals surface area contributed by atoms with Crippen LogP contribution in [0, 0.1) is 0 Å². The molecule has 2 rings (SSSR count). The second kappa shape index (κ2) is 8.51. The van der Waals surface area contributed by atoms with E-state index in [2.05, 4.69) is 5.32 Å². The third kappa shape index (κ3) is 5.23. The van der Waals surface area contributed by atoms with Crippen LogP contribution >= 0.6 is 34.5 Å².